The zero-order valence-electron chi connectivity index (χ0n) is 14.7. The molecule has 0 amide bonds. The molecule has 28 heavy (non-hydrogen) atoms. The molecule has 0 aliphatic carbocycles. The van der Waals surface area contributed by atoms with Crippen LogP contribution in [0.5, 0.6) is 5.75 Å². The molecule has 0 saturated carbocycles. The van der Waals surface area contributed by atoms with Crippen LogP contribution in [-0.2, 0) is 0 Å². The lowest BCUT2D eigenvalue weighted by Gasteiger charge is -2.38. The second-order valence-electron chi connectivity index (χ2n) is 6.54. The van der Waals surface area contributed by atoms with E-state index in [-0.39, 0.29) is 6.04 Å². The predicted molar refractivity (Wildman–Crippen MR) is 112 cm³/mol. The number of aromatic nitrogens is 2. The fourth-order valence-electron chi connectivity index (χ4n) is 3.67. The van der Waals surface area contributed by atoms with Crippen LogP contribution in [0.3, 0.4) is 0 Å². The lowest BCUT2D eigenvalue weighted by Crippen LogP contribution is -2.38. The van der Waals surface area contributed by atoms with Crippen LogP contribution in [0, 0.1) is 0 Å². The summed E-state index contributed by atoms with van der Waals surface area (Å²) in [6.07, 6.45) is 3.54. The molecule has 0 bridgehead atoms. The van der Waals surface area contributed by atoms with Gasteiger partial charge in [-0.25, -0.2) is 4.98 Å². The number of ether oxygens (including phenoxy) is 1. The van der Waals surface area contributed by atoms with Crippen LogP contribution in [0.2, 0.25) is 10.0 Å². The molecule has 0 spiro atoms. The Labute approximate surface area is 172 Å². The Morgan fingerprint density at radius 3 is 2.61 bits per heavy atom. The third-order valence-corrected chi connectivity index (χ3v) is 5.77. The van der Waals surface area contributed by atoms with E-state index in [1.54, 1.807) is 18.5 Å². The van der Waals surface area contributed by atoms with Gasteiger partial charge in [-0.05, 0) is 29.8 Å². The van der Waals surface area contributed by atoms with Crippen LogP contribution in [0.15, 0.2) is 73.1 Å². The molecule has 0 saturated heterocycles. The van der Waals surface area contributed by atoms with E-state index < -0.39 is 0 Å². The van der Waals surface area contributed by atoms with Gasteiger partial charge < -0.3 is 9.64 Å². The molecule has 4 aromatic rings. The van der Waals surface area contributed by atoms with Crippen LogP contribution in [0.25, 0.3) is 10.9 Å². The summed E-state index contributed by atoms with van der Waals surface area (Å²) in [5, 5.41) is 2.08. The predicted octanol–water partition coefficient (Wildman–Crippen LogP) is 5.88. The summed E-state index contributed by atoms with van der Waals surface area (Å²) in [5.41, 5.74) is 2.72. The smallest absolute Gasteiger partial charge is 0.163 e. The molecule has 6 heteroatoms. The Hall–Kier alpha value is -2.82. The highest BCUT2D eigenvalue weighted by molar-refractivity contribution is 6.42. The van der Waals surface area contributed by atoms with E-state index in [1.165, 1.54) is 0 Å². The Morgan fingerprint density at radius 2 is 1.75 bits per heavy atom. The first-order chi connectivity index (χ1) is 13.7. The van der Waals surface area contributed by atoms with Crippen LogP contribution >= 0.6 is 23.2 Å². The Bertz CT molecular complexity index is 1170. The molecule has 0 N–H and O–H groups in total. The maximum absolute atomic E-state index is 6.63. The van der Waals surface area contributed by atoms with E-state index in [1.807, 2.05) is 42.5 Å². The molecule has 1 unspecified atom stereocenters. The molecule has 0 radical (unpaired) electrons. The standard InChI is InChI=1S/C22H15Cl2N3O/c23-17-7-3-6-15(19(17)24)21-16-10-9-14-5-4-12-26-20(14)22(16)28-13-27(21)18-8-1-2-11-25-18/h1-12,21H,13H2. The van der Waals surface area contributed by atoms with E-state index >= 15 is 0 Å². The average molecular weight is 408 g/mol. The lowest BCUT2D eigenvalue weighted by atomic mass is 9.94. The summed E-state index contributed by atoms with van der Waals surface area (Å²) in [4.78, 5) is 11.1. The Balaban J connectivity index is 1.77. The number of nitrogens with zero attached hydrogens (tertiary/aromatic N) is 3. The van der Waals surface area contributed by atoms with Crippen molar-refractivity contribution in [3.63, 3.8) is 0 Å². The van der Waals surface area contributed by atoms with Gasteiger partial charge in [-0.2, -0.15) is 0 Å². The summed E-state index contributed by atoms with van der Waals surface area (Å²) in [6.45, 7) is 0.327. The molecule has 3 heterocycles. The molecule has 1 atom stereocenters. The molecule has 2 aromatic heterocycles. The van der Waals surface area contributed by atoms with Crippen molar-refractivity contribution in [2.24, 2.45) is 0 Å². The molecule has 2 aromatic carbocycles. The Kier molecular flexibility index (Phi) is 4.30. The van der Waals surface area contributed by atoms with Gasteiger partial charge in [0.05, 0.1) is 16.1 Å². The first kappa shape index (κ1) is 17.3. The van der Waals surface area contributed by atoms with E-state index in [2.05, 4.69) is 27.0 Å². The number of hydrogen-bond acceptors (Lipinski definition) is 4. The van der Waals surface area contributed by atoms with Crippen molar-refractivity contribution in [2.45, 2.75) is 6.04 Å². The number of fused-ring (bicyclic) bond motifs is 3. The summed E-state index contributed by atoms with van der Waals surface area (Å²) in [6, 6.07) is 19.4. The SMILES string of the molecule is Clc1cccc(C2c3ccc4cccnc4c3OCN2c2ccccn2)c1Cl. The van der Waals surface area contributed by atoms with Gasteiger partial charge in [0.25, 0.3) is 0 Å². The van der Waals surface area contributed by atoms with E-state index in [4.69, 9.17) is 27.9 Å². The highest BCUT2D eigenvalue weighted by Crippen LogP contribution is 2.45. The number of pyridine rings is 2. The van der Waals surface area contributed by atoms with Gasteiger partial charge in [-0.15, -0.1) is 0 Å². The second kappa shape index (κ2) is 6.97. The number of hydrogen-bond donors (Lipinski definition) is 0. The van der Waals surface area contributed by atoms with E-state index in [0.717, 1.165) is 33.6 Å². The van der Waals surface area contributed by atoms with Crippen molar-refractivity contribution < 1.29 is 4.74 Å². The molecule has 1 aliphatic rings. The maximum Gasteiger partial charge on any atom is 0.163 e. The molecule has 138 valence electrons. The highest BCUT2D eigenvalue weighted by atomic mass is 35.5. The van der Waals surface area contributed by atoms with Gasteiger partial charge >= 0.3 is 0 Å². The van der Waals surface area contributed by atoms with Crippen LogP contribution in [0.1, 0.15) is 17.2 Å². The number of rotatable bonds is 2. The van der Waals surface area contributed by atoms with Gasteiger partial charge in [0.1, 0.15) is 11.3 Å². The van der Waals surface area contributed by atoms with Crippen molar-refractivity contribution in [1.29, 1.82) is 0 Å². The van der Waals surface area contributed by atoms with Crippen LogP contribution in [0.4, 0.5) is 5.82 Å². The Morgan fingerprint density at radius 1 is 0.857 bits per heavy atom. The first-order valence-corrected chi connectivity index (χ1v) is 9.61. The summed E-state index contributed by atoms with van der Waals surface area (Å²) >= 11 is 13.0. The maximum atomic E-state index is 6.63. The van der Waals surface area contributed by atoms with Gasteiger partial charge in [0.15, 0.2) is 12.5 Å². The third-order valence-electron chi connectivity index (χ3n) is 4.93. The van der Waals surface area contributed by atoms with Crippen molar-refractivity contribution in [3.05, 3.63) is 94.2 Å². The largest absolute Gasteiger partial charge is 0.470 e. The third kappa shape index (κ3) is 2.77. The van der Waals surface area contributed by atoms with E-state index in [9.17, 15) is 0 Å². The normalized spacial score (nSPS) is 15.9. The topological polar surface area (TPSA) is 38.2 Å². The summed E-state index contributed by atoms with van der Waals surface area (Å²) in [7, 11) is 0. The minimum Gasteiger partial charge on any atom is -0.470 e. The molecule has 1 aliphatic heterocycles. The van der Waals surface area contributed by atoms with Gasteiger partial charge in [0, 0.05) is 23.3 Å². The van der Waals surface area contributed by atoms with Gasteiger partial charge in [-0.3, -0.25) is 4.98 Å². The minimum absolute atomic E-state index is 0.198. The van der Waals surface area contributed by atoms with Crippen molar-refractivity contribution in [3.8, 4) is 5.75 Å². The number of anilines is 1. The monoisotopic (exact) mass is 407 g/mol. The highest BCUT2D eigenvalue weighted by Gasteiger charge is 2.34. The first-order valence-electron chi connectivity index (χ1n) is 8.86. The quantitative estimate of drug-likeness (QED) is 0.415. The lowest BCUT2D eigenvalue weighted by molar-refractivity contribution is 0.280. The summed E-state index contributed by atoms with van der Waals surface area (Å²) in [5.74, 6) is 1.57. The summed E-state index contributed by atoms with van der Waals surface area (Å²) < 4.78 is 6.17. The fraction of sp³-hybridized carbons (Fsp3) is 0.0909. The van der Waals surface area contributed by atoms with Crippen LogP contribution in [-0.4, -0.2) is 16.7 Å². The van der Waals surface area contributed by atoms with Crippen molar-refractivity contribution >= 4 is 39.9 Å². The second-order valence-corrected chi connectivity index (χ2v) is 7.32. The van der Waals surface area contributed by atoms with Gasteiger partial charge in [0.2, 0.25) is 0 Å². The fourth-order valence-corrected chi connectivity index (χ4v) is 4.08. The van der Waals surface area contributed by atoms with Crippen LogP contribution < -0.4 is 9.64 Å². The molecular weight excluding hydrogens is 393 g/mol. The molecule has 5 rings (SSSR count). The zero-order chi connectivity index (χ0) is 19.1. The molecule has 4 nitrogen and oxygen atoms in total. The van der Waals surface area contributed by atoms with Crippen molar-refractivity contribution in [1.82, 2.24) is 9.97 Å². The average Bonchev–Trinajstić information content (AvgIpc) is 2.75. The minimum atomic E-state index is -0.198. The van der Waals surface area contributed by atoms with Crippen molar-refractivity contribution in [2.75, 3.05) is 11.6 Å². The van der Waals surface area contributed by atoms with Gasteiger partial charge in [-0.1, -0.05) is 59.6 Å². The number of benzene rings is 2. The number of halogens is 2. The molecular formula is C22H15Cl2N3O. The molecule has 0 fully saturated rings. The van der Waals surface area contributed by atoms with E-state index in [0.29, 0.717) is 16.8 Å². The zero-order valence-corrected chi connectivity index (χ0v) is 16.2.